The van der Waals surface area contributed by atoms with Crippen LogP contribution >= 0.6 is 11.3 Å². The van der Waals surface area contributed by atoms with Crippen LogP contribution in [-0.4, -0.2) is 25.0 Å². The lowest BCUT2D eigenvalue weighted by Gasteiger charge is -2.22. The number of benzene rings is 1. The Balaban J connectivity index is 1.36. The summed E-state index contributed by atoms with van der Waals surface area (Å²) in [6.45, 7) is 1.73. The van der Waals surface area contributed by atoms with Crippen LogP contribution < -0.4 is 16.4 Å². The van der Waals surface area contributed by atoms with E-state index in [0.717, 1.165) is 28.0 Å². The Morgan fingerprint density at radius 1 is 0.976 bits per heavy atom. The van der Waals surface area contributed by atoms with Crippen molar-refractivity contribution in [3.05, 3.63) is 94.4 Å². The van der Waals surface area contributed by atoms with Crippen molar-refractivity contribution in [1.82, 2.24) is 25.3 Å². The average Bonchev–Trinajstić information content (AvgIpc) is 3.42. The smallest absolute Gasteiger partial charge is 0.383 e. The third-order valence-electron chi connectivity index (χ3n) is 6.29. The molecule has 0 amide bonds. The molecule has 4 heterocycles. The van der Waals surface area contributed by atoms with Crippen LogP contribution in [0.5, 0.6) is 0 Å². The van der Waals surface area contributed by atoms with Gasteiger partial charge in [-0.3, -0.25) is 10.3 Å². The van der Waals surface area contributed by atoms with Gasteiger partial charge in [0.2, 0.25) is 0 Å². The van der Waals surface area contributed by atoms with E-state index in [1.807, 2.05) is 12.1 Å². The molecule has 5 rings (SSSR count). The van der Waals surface area contributed by atoms with E-state index in [1.54, 1.807) is 19.2 Å². The zero-order valence-electron chi connectivity index (χ0n) is 21.2. The fourth-order valence-corrected chi connectivity index (χ4v) is 5.01. The summed E-state index contributed by atoms with van der Waals surface area (Å²) in [4.78, 5) is 18.1. The summed E-state index contributed by atoms with van der Waals surface area (Å²) in [6.07, 6.45) is -2.70. The minimum atomic E-state index is -4.70. The van der Waals surface area contributed by atoms with Crippen LogP contribution in [0.2, 0.25) is 0 Å². The molecule has 41 heavy (non-hydrogen) atoms. The molecule has 1 aromatic carbocycles. The maximum Gasteiger partial charge on any atom is 0.417 e. The highest BCUT2D eigenvalue weighted by molar-refractivity contribution is 7.15. The highest BCUT2D eigenvalue weighted by Crippen LogP contribution is 2.34. The number of nitrogens with one attached hydrogen (secondary N) is 2. The van der Waals surface area contributed by atoms with E-state index in [0.29, 0.717) is 34.2 Å². The third-order valence-corrected chi connectivity index (χ3v) is 7.40. The average molecular weight is 588 g/mol. The van der Waals surface area contributed by atoms with Gasteiger partial charge < -0.3 is 16.2 Å². The molecule has 0 saturated heterocycles. The number of aliphatic hydroxyl groups is 1. The standard InChI is InChI=1S/C27H22F5N7OS/c1-13(14-2-4-19(28)20(29)6-14)39-26(40)18-7-15(27(30,31)32)9-35-25(18)36-10-16-3-5-23(41-16)21-8-17-22(11-34-21)37-12-38-24(17)33/h2-9,11-13,26,39-40H,10H2,1H3,(H,35,36)(H2,33,37,38)/t13-,26?/m0/s1. The van der Waals surface area contributed by atoms with Crippen molar-refractivity contribution in [1.29, 1.82) is 0 Å². The summed E-state index contributed by atoms with van der Waals surface area (Å²) in [5, 5.41) is 17.2. The number of fused-ring (bicyclic) bond motifs is 1. The summed E-state index contributed by atoms with van der Waals surface area (Å²) < 4.78 is 67.4. The summed E-state index contributed by atoms with van der Waals surface area (Å²) in [5.41, 5.74) is 6.27. The van der Waals surface area contributed by atoms with Crippen molar-refractivity contribution >= 4 is 33.9 Å². The molecule has 0 aliphatic carbocycles. The van der Waals surface area contributed by atoms with Gasteiger partial charge in [-0.15, -0.1) is 11.3 Å². The quantitative estimate of drug-likeness (QED) is 0.129. The molecule has 0 aliphatic rings. The number of rotatable bonds is 8. The van der Waals surface area contributed by atoms with Gasteiger partial charge in [-0.05, 0) is 48.9 Å². The Morgan fingerprint density at radius 3 is 2.54 bits per heavy atom. The normalized spacial score (nSPS) is 13.3. The van der Waals surface area contributed by atoms with E-state index in [1.165, 1.54) is 23.7 Å². The molecule has 1 unspecified atom stereocenters. The number of alkyl halides is 3. The van der Waals surface area contributed by atoms with Crippen LogP contribution in [0.3, 0.4) is 0 Å². The number of nitrogens with two attached hydrogens (primary N) is 1. The van der Waals surface area contributed by atoms with Gasteiger partial charge in [0, 0.05) is 28.1 Å². The molecule has 0 aliphatic heterocycles. The SMILES string of the molecule is C[C@H](NC(O)c1cc(C(F)(F)F)cnc1NCc1ccc(-c2cc3c(N)ncnc3cn2)s1)c1ccc(F)c(F)c1. The molecule has 14 heteroatoms. The summed E-state index contributed by atoms with van der Waals surface area (Å²) in [5.74, 6) is -1.79. The molecule has 0 spiro atoms. The fraction of sp³-hybridized carbons (Fsp3) is 0.185. The predicted molar refractivity (Wildman–Crippen MR) is 144 cm³/mol. The van der Waals surface area contributed by atoms with Crippen molar-refractivity contribution in [2.45, 2.75) is 31.9 Å². The highest BCUT2D eigenvalue weighted by Gasteiger charge is 2.33. The van der Waals surface area contributed by atoms with Crippen molar-refractivity contribution in [2.75, 3.05) is 11.1 Å². The number of aliphatic hydroxyl groups excluding tert-OH is 1. The molecule has 2 atom stereocenters. The molecular weight excluding hydrogens is 565 g/mol. The van der Waals surface area contributed by atoms with E-state index < -0.39 is 35.6 Å². The molecule has 0 bridgehead atoms. The Bertz CT molecular complexity index is 1710. The fourth-order valence-electron chi connectivity index (χ4n) is 4.09. The second-order valence-corrected chi connectivity index (χ2v) is 10.3. The van der Waals surface area contributed by atoms with Crippen LogP contribution in [0.15, 0.2) is 61.2 Å². The van der Waals surface area contributed by atoms with Crippen molar-refractivity contribution in [2.24, 2.45) is 0 Å². The first-order valence-electron chi connectivity index (χ1n) is 12.1. The molecule has 5 N–H and O–H groups in total. The van der Waals surface area contributed by atoms with Gasteiger partial charge in [0.05, 0.1) is 34.4 Å². The number of aromatic nitrogens is 4. The van der Waals surface area contributed by atoms with Crippen LogP contribution in [0, 0.1) is 11.6 Å². The van der Waals surface area contributed by atoms with E-state index >= 15 is 0 Å². The Labute approximate surface area is 234 Å². The zero-order valence-corrected chi connectivity index (χ0v) is 22.1. The van der Waals surface area contributed by atoms with Crippen molar-refractivity contribution in [3.63, 3.8) is 0 Å². The molecule has 0 radical (unpaired) electrons. The maximum atomic E-state index is 13.7. The molecule has 4 aromatic heterocycles. The van der Waals surface area contributed by atoms with E-state index in [4.69, 9.17) is 5.73 Å². The second kappa shape index (κ2) is 11.3. The summed E-state index contributed by atoms with van der Waals surface area (Å²) in [6, 6.07) is 8.69. The number of nitrogen functional groups attached to an aromatic ring is 1. The van der Waals surface area contributed by atoms with Gasteiger partial charge in [-0.2, -0.15) is 13.2 Å². The maximum absolute atomic E-state index is 13.7. The van der Waals surface area contributed by atoms with Crippen LogP contribution in [0.4, 0.5) is 33.6 Å². The minimum Gasteiger partial charge on any atom is -0.383 e. The van der Waals surface area contributed by atoms with Gasteiger partial charge in [-0.25, -0.2) is 23.7 Å². The second-order valence-electron chi connectivity index (χ2n) is 9.09. The Hall–Kier alpha value is -4.27. The number of pyridine rings is 2. The van der Waals surface area contributed by atoms with Crippen LogP contribution in [0.1, 0.15) is 40.8 Å². The number of anilines is 2. The third kappa shape index (κ3) is 6.24. The number of nitrogens with zero attached hydrogens (tertiary/aromatic N) is 4. The lowest BCUT2D eigenvalue weighted by atomic mass is 10.1. The number of hydrogen-bond acceptors (Lipinski definition) is 9. The number of halogens is 5. The molecular formula is C27H22F5N7OS. The molecule has 0 saturated carbocycles. The van der Waals surface area contributed by atoms with E-state index in [9.17, 15) is 27.1 Å². The lowest BCUT2D eigenvalue weighted by molar-refractivity contribution is -0.137. The first-order valence-corrected chi connectivity index (χ1v) is 13.0. The number of thiophene rings is 1. The molecule has 8 nitrogen and oxygen atoms in total. The van der Waals surface area contributed by atoms with Gasteiger partial charge in [-0.1, -0.05) is 6.07 Å². The minimum absolute atomic E-state index is 0.0131. The molecule has 0 fully saturated rings. The largest absolute Gasteiger partial charge is 0.417 e. The van der Waals surface area contributed by atoms with Gasteiger partial charge >= 0.3 is 6.18 Å². The van der Waals surface area contributed by atoms with E-state index in [2.05, 4.69) is 30.6 Å². The van der Waals surface area contributed by atoms with Crippen molar-refractivity contribution < 1.29 is 27.1 Å². The van der Waals surface area contributed by atoms with Crippen molar-refractivity contribution in [3.8, 4) is 10.6 Å². The van der Waals surface area contributed by atoms with Gasteiger partial charge in [0.1, 0.15) is 24.2 Å². The highest BCUT2D eigenvalue weighted by atomic mass is 32.1. The first kappa shape index (κ1) is 28.3. The zero-order chi connectivity index (χ0) is 29.3. The van der Waals surface area contributed by atoms with Crippen LogP contribution in [-0.2, 0) is 12.7 Å². The van der Waals surface area contributed by atoms with Gasteiger partial charge in [0.15, 0.2) is 11.6 Å². The number of hydrogen-bond donors (Lipinski definition) is 4. The van der Waals surface area contributed by atoms with Crippen LogP contribution in [0.25, 0.3) is 21.5 Å². The Kier molecular flexibility index (Phi) is 7.80. The summed E-state index contributed by atoms with van der Waals surface area (Å²) >= 11 is 1.39. The molecule has 5 aromatic rings. The topological polar surface area (TPSA) is 122 Å². The predicted octanol–water partition coefficient (Wildman–Crippen LogP) is 5.98. The Morgan fingerprint density at radius 2 is 1.78 bits per heavy atom. The lowest BCUT2D eigenvalue weighted by Crippen LogP contribution is -2.26. The molecule has 212 valence electrons. The summed E-state index contributed by atoms with van der Waals surface area (Å²) in [7, 11) is 0. The monoisotopic (exact) mass is 587 g/mol. The van der Waals surface area contributed by atoms with Gasteiger partial charge in [0.25, 0.3) is 0 Å². The van der Waals surface area contributed by atoms with E-state index in [-0.39, 0.29) is 17.9 Å². The first-order chi connectivity index (χ1) is 19.5.